The standard InChI is InChI=1S/C26H40N2O4/c1-3-14-28(19-23-9-6-17-31-23)26(29)24-18-22(30-2)10-11-25(24)32-21-12-15-27(16-13-21)20-7-4-5-8-20/h10-11,18,20-21,23H,3-9,12-17,19H2,1-2H3. The Labute approximate surface area is 193 Å². The van der Waals surface area contributed by atoms with Crippen molar-refractivity contribution in [2.45, 2.75) is 83.0 Å². The van der Waals surface area contributed by atoms with E-state index in [2.05, 4.69) is 11.8 Å². The van der Waals surface area contributed by atoms with E-state index < -0.39 is 0 Å². The van der Waals surface area contributed by atoms with Crippen molar-refractivity contribution in [1.82, 2.24) is 9.80 Å². The number of carbonyl (C=O) groups excluding carboxylic acids is 1. The molecule has 3 aliphatic rings. The van der Waals surface area contributed by atoms with Crippen molar-refractivity contribution in [2.75, 3.05) is 39.9 Å². The second-order valence-electron chi connectivity index (χ2n) is 9.54. The lowest BCUT2D eigenvalue weighted by Gasteiger charge is -2.36. The number of hydrogen-bond donors (Lipinski definition) is 0. The fraction of sp³-hybridized carbons (Fsp3) is 0.731. The maximum absolute atomic E-state index is 13.6. The molecule has 1 aromatic carbocycles. The molecule has 3 fully saturated rings. The van der Waals surface area contributed by atoms with Crippen molar-refractivity contribution in [2.24, 2.45) is 0 Å². The number of hydrogen-bond acceptors (Lipinski definition) is 5. The molecule has 2 aliphatic heterocycles. The lowest BCUT2D eigenvalue weighted by atomic mass is 10.0. The number of piperidine rings is 1. The van der Waals surface area contributed by atoms with Gasteiger partial charge in [-0.2, -0.15) is 0 Å². The maximum atomic E-state index is 13.6. The van der Waals surface area contributed by atoms with E-state index in [1.807, 2.05) is 23.1 Å². The largest absolute Gasteiger partial charge is 0.497 e. The fourth-order valence-electron chi connectivity index (χ4n) is 5.46. The van der Waals surface area contributed by atoms with Crippen molar-refractivity contribution in [1.29, 1.82) is 0 Å². The molecule has 2 saturated heterocycles. The van der Waals surface area contributed by atoms with Crippen molar-refractivity contribution in [3.8, 4) is 11.5 Å². The van der Waals surface area contributed by atoms with Crippen molar-refractivity contribution in [3.63, 3.8) is 0 Å². The molecule has 0 bridgehead atoms. The summed E-state index contributed by atoms with van der Waals surface area (Å²) in [5.74, 6) is 1.38. The number of likely N-dealkylation sites (tertiary alicyclic amines) is 1. The maximum Gasteiger partial charge on any atom is 0.257 e. The zero-order chi connectivity index (χ0) is 22.3. The molecule has 1 unspecified atom stereocenters. The number of amides is 1. The number of ether oxygens (including phenoxy) is 3. The van der Waals surface area contributed by atoms with Crippen LogP contribution in [0.4, 0.5) is 0 Å². The topological polar surface area (TPSA) is 51.2 Å². The van der Waals surface area contributed by atoms with E-state index in [0.717, 1.165) is 64.4 Å². The molecular weight excluding hydrogens is 404 g/mol. The Bertz CT molecular complexity index is 735. The first kappa shape index (κ1) is 23.4. The first-order chi connectivity index (χ1) is 15.7. The molecule has 1 atom stereocenters. The summed E-state index contributed by atoms with van der Waals surface area (Å²) < 4.78 is 17.7. The number of methoxy groups -OCH3 is 1. The zero-order valence-corrected chi connectivity index (χ0v) is 19.9. The van der Waals surface area contributed by atoms with Crippen LogP contribution < -0.4 is 9.47 Å². The third-order valence-electron chi connectivity index (χ3n) is 7.26. The predicted octanol–water partition coefficient (Wildman–Crippen LogP) is 4.51. The third-order valence-corrected chi connectivity index (χ3v) is 7.26. The van der Waals surface area contributed by atoms with Crippen LogP contribution in [0.1, 0.15) is 75.1 Å². The van der Waals surface area contributed by atoms with Gasteiger partial charge in [0, 0.05) is 38.8 Å². The number of rotatable bonds is 9. The minimum atomic E-state index is 0.0136. The lowest BCUT2D eigenvalue weighted by Crippen LogP contribution is -2.43. The average Bonchev–Trinajstić information content (AvgIpc) is 3.54. The molecule has 32 heavy (non-hydrogen) atoms. The van der Waals surface area contributed by atoms with E-state index in [-0.39, 0.29) is 18.1 Å². The van der Waals surface area contributed by atoms with Crippen LogP contribution in [0.3, 0.4) is 0 Å². The minimum Gasteiger partial charge on any atom is -0.497 e. The number of benzene rings is 1. The first-order valence-electron chi connectivity index (χ1n) is 12.7. The van der Waals surface area contributed by atoms with Gasteiger partial charge in [0.05, 0.1) is 18.8 Å². The van der Waals surface area contributed by atoms with Crippen molar-refractivity contribution in [3.05, 3.63) is 23.8 Å². The van der Waals surface area contributed by atoms with E-state index >= 15 is 0 Å². The van der Waals surface area contributed by atoms with Gasteiger partial charge in [0.15, 0.2) is 0 Å². The molecule has 0 radical (unpaired) electrons. The molecule has 1 amide bonds. The van der Waals surface area contributed by atoms with Crippen LogP contribution in [0.5, 0.6) is 11.5 Å². The summed E-state index contributed by atoms with van der Waals surface area (Å²) in [4.78, 5) is 18.2. The SMILES string of the molecule is CCCN(CC1CCCO1)C(=O)c1cc(OC)ccc1OC1CCN(C2CCCC2)CC1. The predicted molar refractivity (Wildman–Crippen MR) is 126 cm³/mol. The number of nitrogens with zero attached hydrogens (tertiary/aromatic N) is 2. The van der Waals surface area contributed by atoms with Gasteiger partial charge in [-0.15, -0.1) is 0 Å². The van der Waals surface area contributed by atoms with Gasteiger partial charge in [-0.05, 0) is 63.1 Å². The van der Waals surface area contributed by atoms with Crippen LogP contribution >= 0.6 is 0 Å². The molecule has 1 saturated carbocycles. The van der Waals surface area contributed by atoms with Crippen LogP contribution in [-0.2, 0) is 4.74 Å². The summed E-state index contributed by atoms with van der Waals surface area (Å²) in [6.45, 7) is 6.45. The van der Waals surface area contributed by atoms with Gasteiger partial charge in [-0.1, -0.05) is 19.8 Å². The highest BCUT2D eigenvalue weighted by Gasteiger charge is 2.30. The molecule has 6 heteroatoms. The summed E-state index contributed by atoms with van der Waals surface area (Å²) >= 11 is 0. The van der Waals surface area contributed by atoms with E-state index in [9.17, 15) is 4.79 Å². The first-order valence-corrected chi connectivity index (χ1v) is 12.7. The van der Waals surface area contributed by atoms with Gasteiger partial charge in [0.1, 0.15) is 17.6 Å². The van der Waals surface area contributed by atoms with Gasteiger partial charge in [0.25, 0.3) is 5.91 Å². The summed E-state index contributed by atoms with van der Waals surface area (Å²) in [5, 5.41) is 0. The molecule has 1 aromatic rings. The van der Waals surface area contributed by atoms with Crippen LogP contribution in [0.2, 0.25) is 0 Å². The second-order valence-corrected chi connectivity index (χ2v) is 9.54. The van der Waals surface area contributed by atoms with Crippen LogP contribution in [-0.4, -0.2) is 73.9 Å². The van der Waals surface area contributed by atoms with Gasteiger partial charge in [-0.25, -0.2) is 0 Å². The van der Waals surface area contributed by atoms with E-state index in [0.29, 0.717) is 23.6 Å². The number of carbonyl (C=O) groups is 1. The minimum absolute atomic E-state index is 0.0136. The Morgan fingerprint density at radius 2 is 1.91 bits per heavy atom. The summed E-state index contributed by atoms with van der Waals surface area (Å²) in [7, 11) is 1.64. The van der Waals surface area contributed by atoms with E-state index in [4.69, 9.17) is 14.2 Å². The molecule has 6 nitrogen and oxygen atoms in total. The van der Waals surface area contributed by atoms with Crippen LogP contribution in [0.15, 0.2) is 18.2 Å². The second kappa shape index (κ2) is 11.4. The Morgan fingerprint density at radius 3 is 2.56 bits per heavy atom. The van der Waals surface area contributed by atoms with Crippen LogP contribution in [0, 0.1) is 0 Å². The lowest BCUT2D eigenvalue weighted by molar-refractivity contribution is 0.0511. The quantitative estimate of drug-likeness (QED) is 0.561. The Hall–Kier alpha value is -1.79. The van der Waals surface area contributed by atoms with Crippen LogP contribution in [0.25, 0.3) is 0 Å². The Morgan fingerprint density at radius 1 is 1.12 bits per heavy atom. The highest BCUT2D eigenvalue weighted by molar-refractivity contribution is 5.97. The summed E-state index contributed by atoms with van der Waals surface area (Å²) in [5.41, 5.74) is 0.606. The van der Waals surface area contributed by atoms with E-state index in [1.165, 1.54) is 25.7 Å². The smallest absolute Gasteiger partial charge is 0.257 e. The molecule has 2 heterocycles. The molecular formula is C26H40N2O4. The third kappa shape index (κ3) is 5.76. The molecule has 4 rings (SSSR count). The van der Waals surface area contributed by atoms with Crippen molar-refractivity contribution >= 4 is 5.91 Å². The zero-order valence-electron chi connectivity index (χ0n) is 19.9. The molecule has 178 valence electrons. The van der Waals surface area contributed by atoms with Gasteiger partial charge < -0.3 is 24.0 Å². The molecule has 1 aliphatic carbocycles. The Kier molecular flexibility index (Phi) is 8.31. The fourth-order valence-corrected chi connectivity index (χ4v) is 5.46. The van der Waals surface area contributed by atoms with Gasteiger partial charge in [0.2, 0.25) is 0 Å². The van der Waals surface area contributed by atoms with E-state index in [1.54, 1.807) is 7.11 Å². The monoisotopic (exact) mass is 444 g/mol. The molecule has 0 spiro atoms. The molecule has 0 aromatic heterocycles. The van der Waals surface area contributed by atoms with Gasteiger partial charge >= 0.3 is 0 Å². The van der Waals surface area contributed by atoms with Crippen molar-refractivity contribution < 1.29 is 19.0 Å². The molecule has 0 N–H and O–H groups in total. The normalized spacial score (nSPS) is 22.9. The Balaban J connectivity index is 1.44. The highest BCUT2D eigenvalue weighted by atomic mass is 16.5. The highest BCUT2D eigenvalue weighted by Crippen LogP contribution is 2.31. The summed E-state index contributed by atoms with van der Waals surface area (Å²) in [6, 6.07) is 6.41. The van der Waals surface area contributed by atoms with Gasteiger partial charge in [-0.3, -0.25) is 4.79 Å². The summed E-state index contributed by atoms with van der Waals surface area (Å²) in [6.07, 6.45) is 10.8. The average molecular weight is 445 g/mol.